The number of pyridine rings is 1. The van der Waals surface area contributed by atoms with Crippen molar-refractivity contribution in [3.63, 3.8) is 0 Å². The van der Waals surface area contributed by atoms with Crippen LogP contribution in [0.5, 0.6) is 0 Å². The zero-order valence-corrected chi connectivity index (χ0v) is 9.10. The fourth-order valence-electron chi connectivity index (χ4n) is 1.71. The molecule has 2 rings (SSSR count). The van der Waals surface area contributed by atoms with Crippen molar-refractivity contribution in [1.82, 2.24) is 10.4 Å². The van der Waals surface area contributed by atoms with Gasteiger partial charge in [-0.3, -0.25) is 10.8 Å². The minimum absolute atomic E-state index is 0.335. The standard InChI is InChI=1S/C12H13FN4/c13-10-4-2-1-3-8(10)12(17-15)9-7-16-6-5-11(9)14/h1-7,12,17H,15H2,(H2,14,16). The Labute approximate surface area is 98.4 Å². The summed E-state index contributed by atoms with van der Waals surface area (Å²) in [6, 6.07) is 7.55. The number of nitrogens with two attached hydrogens (primary N) is 2. The molecule has 0 saturated heterocycles. The Morgan fingerprint density at radius 2 is 1.94 bits per heavy atom. The van der Waals surface area contributed by atoms with Crippen molar-refractivity contribution >= 4 is 5.69 Å². The molecule has 0 radical (unpaired) electrons. The number of hydrogen-bond donors (Lipinski definition) is 3. The summed E-state index contributed by atoms with van der Waals surface area (Å²) in [4.78, 5) is 3.97. The second kappa shape index (κ2) is 4.90. The van der Waals surface area contributed by atoms with Crippen LogP contribution in [0.15, 0.2) is 42.7 Å². The van der Waals surface area contributed by atoms with Gasteiger partial charge in [0.2, 0.25) is 0 Å². The van der Waals surface area contributed by atoms with E-state index < -0.39 is 6.04 Å². The van der Waals surface area contributed by atoms with Crippen LogP contribution in [0.25, 0.3) is 0 Å². The van der Waals surface area contributed by atoms with Crippen LogP contribution in [0.1, 0.15) is 17.2 Å². The van der Waals surface area contributed by atoms with Gasteiger partial charge in [0.25, 0.3) is 0 Å². The molecule has 5 heteroatoms. The second-order valence-electron chi connectivity index (χ2n) is 3.63. The summed E-state index contributed by atoms with van der Waals surface area (Å²) in [6.07, 6.45) is 3.15. The van der Waals surface area contributed by atoms with Crippen LogP contribution in [-0.4, -0.2) is 4.98 Å². The Kier molecular flexibility index (Phi) is 3.32. The molecule has 0 bridgehead atoms. The number of rotatable bonds is 3. The first-order valence-electron chi connectivity index (χ1n) is 5.14. The van der Waals surface area contributed by atoms with Gasteiger partial charge in [-0.05, 0) is 12.1 Å². The van der Waals surface area contributed by atoms with Gasteiger partial charge in [0.15, 0.2) is 0 Å². The van der Waals surface area contributed by atoms with Gasteiger partial charge in [-0.2, -0.15) is 0 Å². The molecule has 0 spiro atoms. The quantitative estimate of drug-likeness (QED) is 0.551. The highest BCUT2D eigenvalue weighted by molar-refractivity contribution is 5.49. The van der Waals surface area contributed by atoms with E-state index in [1.807, 2.05) is 0 Å². The molecular weight excluding hydrogens is 219 g/mol. The van der Waals surface area contributed by atoms with Crippen LogP contribution in [0, 0.1) is 5.82 Å². The molecule has 0 aliphatic heterocycles. The van der Waals surface area contributed by atoms with Crippen LogP contribution in [0.4, 0.5) is 10.1 Å². The second-order valence-corrected chi connectivity index (χ2v) is 3.63. The molecule has 0 amide bonds. The van der Waals surface area contributed by atoms with Gasteiger partial charge in [0.05, 0.1) is 6.04 Å². The Hall–Kier alpha value is -1.98. The number of halogens is 1. The highest BCUT2D eigenvalue weighted by Gasteiger charge is 2.18. The molecule has 17 heavy (non-hydrogen) atoms. The number of nitrogens with zero attached hydrogens (tertiary/aromatic N) is 1. The van der Waals surface area contributed by atoms with E-state index in [4.69, 9.17) is 11.6 Å². The first-order valence-corrected chi connectivity index (χ1v) is 5.14. The van der Waals surface area contributed by atoms with Gasteiger partial charge in [0.1, 0.15) is 5.82 Å². The monoisotopic (exact) mass is 232 g/mol. The van der Waals surface area contributed by atoms with Crippen molar-refractivity contribution in [3.8, 4) is 0 Å². The number of aromatic nitrogens is 1. The van der Waals surface area contributed by atoms with E-state index in [2.05, 4.69) is 10.4 Å². The molecule has 4 nitrogen and oxygen atoms in total. The van der Waals surface area contributed by atoms with E-state index >= 15 is 0 Å². The minimum Gasteiger partial charge on any atom is -0.398 e. The molecule has 0 fully saturated rings. The van der Waals surface area contributed by atoms with Crippen molar-refractivity contribution in [2.45, 2.75) is 6.04 Å². The lowest BCUT2D eigenvalue weighted by Gasteiger charge is -2.18. The van der Waals surface area contributed by atoms with Crippen LogP contribution in [-0.2, 0) is 0 Å². The summed E-state index contributed by atoms with van der Waals surface area (Å²) < 4.78 is 13.7. The number of nitrogen functional groups attached to an aromatic ring is 1. The third kappa shape index (κ3) is 2.25. The summed E-state index contributed by atoms with van der Waals surface area (Å²) in [7, 11) is 0. The molecule has 2 aromatic rings. The lowest BCUT2D eigenvalue weighted by Crippen LogP contribution is -2.30. The first-order chi connectivity index (χ1) is 8.24. The molecular formula is C12H13FN4. The van der Waals surface area contributed by atoms with Crippen molar-refractivity contribution in [1.29, 1.82) is 0 Å². The van der Waals surface area contributed by atoms with Gasteiger partial charge < -0.3 is 5.73 Å². The number of anilines is 1. The molecule has 1 aromatic carbocycles. The maximum absolute atomic E-state index is 13.7. The van der Waals surface area contributed by atoms with E-state index in [-0.39, 0.29) is 5.82 Å². The SMILES string of the molecule is NNC(c1cnccc1N)c1ccccc1F. The fraction of sp³-hybridized carbons (Fsp3) is 0.0833. The molecule has 0 aliphatic rings. The first kappa shape index (κ1) is 11.5. The Morgan fingerprint density at radius 1 is 1.18 bits per heavy atom. The Morgan fingerprint density at radius 3 is 2.59 bits per heavy atom. The number of hydrazine groups is 1. The molecule has 88 valence electrons. The highest BCUT2D eigenvalue weighted by Crippen LogP contribution is 2.26. The average Bonchev–Trinajstić information content (AvgIpc) is 2.34. The number of nitrogens with one attached hydrogen (secondary N) is 1. The fourth-order valence-corrected chi connectivity index (χ4v) is 1.71. The normalized spacial score (nSPS) is 12.4. The maximum Gasteiger partial charge on any atom is 0.128 e. The minimum atomic E-state index is -0.509. The van der Waals surface area contributed by atoms with Gasteiger partial charge in [-0.1, -0.05) is 18.2 Å². The van der Waals surface area contributed by atoms with E-state index in [1.165, 1.54) is 6.07 Å². The van der Waals surface area contributed by atoms with Gasteiger partial charge in [-0.15, -0.1) is 0 Å². The van der Waals surface area contributed by atoms with Crippen molar-refractivity contribution in [2.75, 3.05) is 5.73 Å². The molecule has 1 atom stereocenters. The summed E-state index contributed by atoms with van der Waals surface area (Å²) in [5.41, 5.74) is 9.99. The third-order valence-corrected chi connectivity index (χ3v) is 2.58. The van der Waals surface area contributed by atoms with E-state index in [9.17, 15) is 4.39 Å². The zero-order chi connectivity index (χ0) is 12.3. The van der Waals surface area contributed by atoms with Crippen molar-refractivity contribution in [2.24, 2.45) is 5.84 Å². The molecule has 5 N–H and O–H groups in total. The largest absolute Gasteiger partial charge is 0.398 e. The smallest absolute Gasteiger partial charge is 0.128 e. The Bertz CT molecular complexity index is 470. The van der Waals surface area contributed by atoms with Gasteiger partial charge in [-0.25, -0.2) is 9.82 Å². The molecule has 1 aromatic heterocycles. The van der Waals surface area contributed by atoms with Crippen LogP contribution in [0.2, 0.25) is 0 Å². The van der Waals surface area contributed by atoms with E-state index in [0.29, 0.717) is 16.8 Å². The zero-order valence-electron chi connectivity index (χ0n) is 9.10. The predicted molar refractivity (Wildman–Crippen MR) is 64.2 cm³/mol. The molecule has 0 saturated carbocycles. The van der Waals surface area contributed by atoms with Crippen molar-refractivity contribution in [3.05, 3.63) is 59.7 Å². The third-order valence-electron chi connectivity index (χ3n) is 2.58. The molecule has 1 unspecified atom stereocenters. The van der Waals surface area contributed by atoms with E-state index in [0.717, 1.165) is 0 Å². The highest BCUT2D eigenvalue weighted by atomic mass is 19.1. The molecule has 1 heterocycles. The van der Waals surface area contributed by atoms with Crippen molar-refractivity contribution < 1.29 is 4.39 Å². The lowest BCUT2D eigenvalue weighted by molar-refractivity contribution is 0.560. The number of hydrogen-bond acceptors (Lipinski definition) is 4. The maximum atomic E-state index is 13.7. The summed E-state index contributed by atoms with van der Waals surface area (Å²) in [5, 5.41) is 0. The summed E-state index contributed by atoms with van der Waals surface area (Å²) in [6.45, 7) is 0. The topological polar surface area (TPSA) is 77.0 Å². The number of benzene rings is 1. The summed E-state index contributed by atoms with van der Waals surface area (Å²) in [5.74, 6) is 5.14. The predicted octanol–water partition coefficient (Wildman–Crippen LogP) is 1.36. The average molecular weight is 232 g/mol. The van der Waals surface area contributed by atoms with Gasteiger partial charge in [0, 0.05) is 29.2 Å². The summed E-state index contributed by atoms with van der Waals surface area (Å²) >= 11 is 0. The van der Waals surface area contributed by atoms with Crippen LogP contribution >= 0.6 is 0 Å². The van der Waals surface area contributed by atoms with E-state index in [1.54, 1.807) is 36.7 Å². The van der Waals surface area contributed by atoms with Gasteiger partial charge >= 0.3 is 0 Å². The Balaban J connectivity index is 2.48. The van der Waals surface area contributed by atoms with Crippen LogP contribution < -0.4 is 17.0 Å². The lowest BCUT2D eigenvalue weighted by atomic mass is 9.99. The molecule has 0 aliphatic carbocycles. The van der Waals surface area contributed by atoms with Crippen LogP contribution in [0.3, 0.4) is 0 Å².